The molecule has 1 aliphatic heterocycles. The molecule has 1 aliphatic carbocycles. The predicted octanol–water partition coefficient (Wildman–Crippen LogP) is 2.36. The van der Waals surface area contributed by atoms with Crippen LogP contribution in [-0.2, 0) is 17.4 Å². The van der Waals surface area contributed by atoms with Crippen molar-refractivity contribution in [3.63, 3.8) is 0 Å². The van der Waals surface area contributed by atoms with E-state index >= 15 is 0 Å². The first-order chi connectivity index (χ1) is 10.9. The topological polar surface area (TPSA) is 78.9 Å². The van der Waals surface area contributed by atoms with E-state index in [1.165, 1.54) is 11.1 Å². The molecule has 3 N–H and O–H groups in total. The Morgan fingerprint density at radius 1 is 1.43 bits per heavy atom. The molecule has 1 aromatic rings. The number of nitrogens with zero attached hydrogens (tertiary/aromatic N) is 1. The molecule has 0 amide bonds. The summed E-state index contributed by atoms with van der Waals surface area (Å²) in [4.78, 5) is 0. The summed E-state index contributed by atoms with van der Waals surface area (Å²) in [6.45, 7) is 6.04. The Morgan fingerprint density at radius 3 is 2.74 bits per heavy atom. The van der Waals surface area contributed by atoms with Crippen LogP contribution in [-0.4, -0.2) is 22.0 Å². The van der Waals surface area contributed by atoms with Crippen molar-refractivity contribution in [2.45, 2.75) is 50.2 Å². The van der Waals surface area contributed by atoms with Gasteiger partial charge in [-0.2, -0.15) is 5.26 Å². The first-order valence-corrected chi connectivity index (χ1v) is 9.49. The largest absolute Gasteiger partial charge is 0.317 e. The number of hydrogen-bond acceptors (Lipinski definition) is 3. The second kappa shape index (κ2) is 6.01. The molecule has 1 fully saturated rings. The van der Waals surface area contributed by atoms with Crippen LogP contribution in [0.4, 0.5) is 0 Å². The molecule has 1 spiro atoms. The summed E-state index contributed by atoms with van der Waals surface area (Å²) >= 11 is 0. The van der Waals surface area contributed by atoms with Gasteiger partial charge in [0.2, 0.25) is 0 Å². The van der Waals surface area contributed by atoms with Crippen LogP contribution in [0.15, 0.2) is 18.2 Å². The van der Waals surface area contributed by atoms with E-state index in [0.29, 0.717) is 11.5 Å². The van der Waals surface area contributed by atoms with E-state index in [4.69, 9.17) is 5.14 Å². The molecule has 23 heavy (non-hydrogen) atoms. The zero-order chi connectivity index (χ0) is 16.7. The molecule has 124 valence electrons. The lowest BCUT2D eigenvalue weighted by atomic mass is 9.67. The van der Waals surface area contributed by atoms with E-state index in [9.17, 15) is 9.47 Å². The van der Waals surface area contributed by atoms with Crippen molar-refractivity contribution in [2.75, 3.05) is 13.1 Å². The van der Waals surface area contributed by atoms with Gasteiger partial charge in [0.25, 0.3) is 0 Å². The van der Waals surface area contributed by atoms with Crippen molar-refractivity contribution in [3.05, 3.63) is 34.9 Å². The van der Waals surface area contributed by atoms with Crippen LogP contribution in [0.3, 0.4) is 0 Å². The normalized spacial score (nSPS) is 24.2. The minimum atomic E-state index is -1.36. The van der Waals surface area contributed by atoms with Gasteiger partial charge in [0.05, 0.1) is 27.4 Å². The maximum absolute atomic E-state index is 12.0. The Hall–Kier alpha value is -1.22. The summed E-state index contributed by atoms with van der Waals surface area (Å²) < 4.78 is 11.6. The first kappa shape index (κ1) is 16.6. The van der Waals surface area contributed by atoms with E-state index in [2.05, 4.69) is 17.5 Å². The number of nitrogens with one attached hydrogen (secondary N) is 1. The highest BCUT2D eigenvalue weighted by Crippen LogP contribution is 2.55. The molecule has 0 bridgehead atoms. The molecule has 1 aromatic carbocycles. The smallest absolute Gasteiger partial charge is 0.0991 e. The number of rotatable bonds is 3. The zero-order valence-electron chi connectivity index (χ0n) is 13.9. The predicted molar refractivity (Wildman–Crippen MR) is 93.2 cm³/mol. The van der Waals surface area contributed by atoms with E-state index in [1.807, 2.05) is 26.0 Å². The third-order valence-corrected chi connectivity index (χ3v) is 7.03. The summed E-state index contributed by atoms with van der Waals surface area (Å²) in [7, 11) is -1.36. The van der Waals surface area contributed by atoms with Crippen molar-refractivity contribution in [1.29, 1.82) is 5.26 Å². The Bertz CT molecular complexity index is 671. The highest BCUT2D eigenvalue weighted by Gasteiger charge is 2.48. The van der Waals surface area contributed by atoms with Crippen molar-refractivity contribution in [2.24, 2.45) is 10.6 Å². The molecule has 5 heteroatoms. The van der Waals surface area contributed by atoms with Crippen LogP contribution in [0.1, 0.15) is 55.7 Å². The molecule has 4 nitrogen and oxygen atoms in total. The maximum Gasteiger partial charge on any atom is 0.0991 e. The number of piperidine rings is 1. The minimum absolute atomic E-state index is 0.221. The lowest BCUT2D eigenvalue weighted by Gasteiger charge is -2.42. The number of hydrogen-bond donors (Lipinski definition) is 2. The van der Waals surface area contributed by atoms with Gasteiger partial charge in [0.1, 0.15) is 0 Å². The molecule has 0 aromatic heterocycles. The zero-order valence-corrected chi connectivity index (χ0v) is 14.7. The van der Waals surface area contributed by atoms with Crippen LogP contribution < -0.4 is 10.5 Å². The fraction of sp³-hybridized carbons (Fsp3) is 0.611. The van der Waals surface area contributed by atoms with E-state index in [1.54, 1.807) is 0 Å². The average Bonchev–Trinajstić information content (AvgIpc) is 2.80. The van der Waals surface area contributed by atoms with Gasteiger partial charge in [0.15, 0.2) is 0 Å². The van der Waals surface area contributed by atoms with Crippen LogP contribution in [0, 0.1) is 16.7 Å². The molecule has 0 saturated carbocycles. The molecule has 1 saturated heterocycles. The Balaban J connectivity index is 2.03. The van der Waals surface area contributed by atoms with Crippen LogP contribution in [0.25, 0.3) is 0 Å². The average molecular weight is 331 g/mol. The maximum atomic E-state index is 12.0. The van der Waals surface area contributed by atoms with Gasteiger partial charge >= 0.3 is 0 Å². The van der Waals surface area contributed by atoms with Crippen molar-refractivity contribution in [3.8, 4) is 6.07 Å². The van der Waals surface area contributed by atoms with Gasteiger partial charge < -0.3 is 5.32 Å². The quantitative estimate of drug-likeness (QED) is 0.892. The van der Waals surface area contributed by atoms with Gasteiger partial charge in [-0.25, -0.2) is 4.21 Å². The fourth-order valence-electron chi connectivity index (χ4n) is 4.33. The van der Waals surface area contributed by atoms with Gasteiger partial charge in [-0.1, -0.05) is 6.07 Å². The second-order valence-electron chi connectivity index (χ2n) is 7.63. The molecule has 2 atom stereocenters. The second-order valence-corrected chi connectivity index (χ2v) is 9.33. The van der Waals surface area contributed by atoms with Gasteiger partial charge in [-0.3, -0.25) is 5.14 Å². The number of nitrogens with two attached hydrogens (primary N) is 1. The highest BCUT2D eigenvalue weighted by atomic mass is 32.2. The number of benzene rings is 1. The molecule has 0 radical (unpaired) electrons. The first-order valence-electron chi connectivity index (χ1n) is 8.28. The SMILES string of the molecule is CC(C)(C[C@@H]1c2cc(C#N)ccc2CC12CCNCC2)S(N)=O. The lowest BCUT2D eigenvalue weighted by molar-refractivity contribution is 0.158. The Kier molecular flexibility index (Phi) is 4.35. The van der Waals surface area contributed by atoms with Gasteiger partial charge in [-0.05, 0) is 87.2 Å². The number of nitriles is 1. The fourth-order valence-corrected chi connectivity index (χ4v) is 4.66. The summed E-state index contributed by atoms with van der Waals surface area (Å²) in [5.74, 6) is 0.329. The third-order valence-electron chi connectivity index (χ3n) is 5.77. The molecular weight excluding hydrogens is 306 g/mol. The summed E-state index contributed by atoms with van der Waals surface area (Å²) in [6.07, 6.45) is 4.12. The van der Waals surface area contributed by atoms with Crippen molar-refractivity contribution in [1.82, 2.24) is 5.32 Å². The monoisotopic (exact) mass is 331 g/mol. The van der Waals surface area contributed by atoms with Gasteiger partial charge in [0, 0.05) is 0 Å². The van der Waals surface area contributed by atoms with Crippen LogP contribution in [0.5, 0.6) is 0 Å². The molecule has 3 rings (SSSR count). The van der Waals surface area contributed by atoms with E-state index in [-0.39, 0.29) is 5.41 Å². The van der Waals surface area contributed by atoms with E-state index < -0.39 is 15.7 Å². The molecule has 1 heterocycles. The summed E-state index contributed by atoms with van der Waals surface area (Å²) in [6, 6.07) is 8.34. The van der Waals surface area contributed by atoms with Crippen LogP contribution >= 0.6 is 0 Å². The van der Waals surface area contributed by atoms with E-state index in [0.717, 1.165) is 38.8 Å². The lowest BCUT2D eigenvalue weighted by Crippen LogP contribution is -2.43. The van der Waals surface area contributed by atoms with Gasteiger partial charge in [-0.15, -0.1) is 0 Å². The summed E-state index contributed by atoms with van der Waals surface area (Å²) in [5.41, 5.74) is 3.57. The molecule has 2 aliphatic rings. The Morgan fingerprint density at radius 2 is 2.13 bits per heavy atom. The molecule has 1 unspecified atom stereocenters. The standard InChI is InChI=1S/C18H25N3OS/c1-17(2,23(20)22)11-16-15-9-13(12-19)3-4-14(15)10-18(16)5-7-21-8-6-18/h3-4,9,16,21H,5-8,10-11,20H2,1-2H3/t16-,23?/m1/s1. The molecular formula is C18H25N3OS. The van der Waals surface area contributed by atoms with Crippen molar-refractivity contribution >= 4 is 11.0 Å². The van der Waals surface area contributed by atoms with Crippen LogP contribution in [0.2, 0.25) is 0 Å². The summed E-state index contributed by atoms with van der Waals surface area (Å²) in [5, 5.41) is 18.5. The number of fused-ring (bicyclic) bond motifs is 1. The Labute approximate surface area is 141 Å². The minimum Gasteiger partial charge on any atom is -0.317 e. The highest BCUT2D eigenvalue weighted by molar-refractivity contribution is 7.84. The third kappa shape index (κ3) is 2.96. The van der Waals surface area contributed by atoms with Crippen molar-refractivity contribution < 1.29 is 4.21 Å².